The fourth-order valence-corrected chi connectivity index (χ4v) is 3.12. The van der Waals surface area contributed by atoms with Crippen molar-refractivity contribution in [1.82, 2.24) is 15.2 Å². The van der Waals surface area contributed by atoms with Gasteiger partial charge < -0.3 is 9.73 Å². The molecule has 1 unspecified atom stereocenters. The van der Waals surface area contributed by atoms with Crippen LogP contribution < -0.4 is 5.32 Å². The number of hydrogen-bond donors (Lipinski definition) is 1. The van der Waals surface area contributed by atoms with Crippen molar-refractivity contribution in [2.75, 3.05) is 13.1 Å². The lowest BCUT2D eigenvalue weighted by Crippen LogP contribution is -2.35. The highest BCUT2D eigenvalue weighted by molar-refractivity contribution is 5.73. The number of carbonyl (C=O) groups is 1. The molecule has 1 aliphatic heterocycles. The average Bonchev–Trinajstić information content (AvgIpc) is 3.14. The maximum absolute atomic E-state index is 12.9. The van der Waals surface area contributed by atoms with Crippen LogP contribution >= 0.6 is 0 Å². The summed E-state index contributed by atoms with van der Waals surface area (Å²) in [4.78, 5) is 17.7. The molecule has 0 saturated carbocycles. The van der Waals surface area contributed by atoms with E-state index >= 15 is 0 Å². The highest BCUT2D eigenvalue weighted by Gasteiger charge is 2.31. The van der Waals surface area contributed by atoms with Crippen LogP contribution in [0.15, 0.2) is 28.7 Å². The minimum absolute atomic E-state index is 0.0544. The van der Waals surface area contributed by atoms with Crippen LogP contribution in [0.5, 0.6) is 0 Å². The summed E-state index contributed by atoms with van der Waals surface area (Å²) in [6.45, 7) is 5.30. The Bertz CT molecular complexity index is 801. The van der Waals surface area contributed by atoms with Crippen molar-refractivity contribution in [2.24, 2.45) is 0 Å². The molecule has 1 saturated heterocycles. The molecule has 1 aromatic carbocycles. The van der Waals surface area contributed by atoms with Gasteiger partial charge >= 0.3 is 6.18 Å². The first-order valence-electron chi connectivity index (χ1n) is 8.36. The van der Waals surface area contributed by atoms with E-state index in [-0.39, 0.29) is 17.8 Å². The van der Waals surface area contributed by atoms with Gasteiger partial charge in [-0.2, -0.15) is 13.2 Å². The molecule has 1 atom stereocenters. The van der Waals surface area contributed by atoms with E-state index in [1.807, 2.05) is 0 Å². The molecule has 1 amide bonds. The molecule has 2 heterocycles. The Labute approximate surface area is 149 Å². The maximum atomic E-state index is 12.9. The zero-order valence-electron chi connectivity index (χ0n) is 14.6. The monoisotopic (exact) mass is 367 g/mol. The summed E-state index contributed by atoms with van der Waals surface area (Å²) in [5, 5.41) is 2.89. The Morgan fingerprint density at radius 3 is 2.88 bits per heavy atom. The van der Waals surface area contributed by atoms with Crippen LogP contribution in [-0.4, -0.2) is 34.9 Å². The second kappa shape index (κ2) is 7.11. The van der Waals surface area contributed by atoms with Crippen LogP contribution in [0.25, 0.3) is 11.5 Å². The van der Waals surface area contributed by atoms with Gasteiger partial charge in [-0.25, -0.2) is 4.98 Å². The Hall–Kier alpha value is -2.35. The molecule has 5 nitrogen and oxygen atoms in total. The second-order valence-corrected chi connectivity index (χ2v) is 6.52. The van der Waals surface area contributed by atoms with Gasteiger partial charge in [-0.1, -0.05) is 6.07 Å². The van der Waals surface area contributed by atoms with E-state index in [2.05, 4.69) is 15.2 Å². The summed E-state index contributed by atoms with van der Waals surface area (Å²) in [5.74, 6) is 0.711. The fraction of sp³-hybridized carbons (Fsp3) is 0.444. The number of oxazole rings is 1. The third kappa shape index (κ3) is 4.24. The number of alkyl halides is 3. The quantitative estimate of drug-likeness (QED) is 0.900. The van der Waals surface area contributed by atoms with Crippen LogP contribution in [0.4, 0.5) is 13.2 Å². The first-order valence-corrected chi connectivity index (χ1v) is 8.36. The lowest BCUT2D eigenvalue weighted by Gasteiger charge is -2.15. The maximum Gasteiger partial charge on any atom is 0.416 e. The van der Waals surface area contributed by atoms with Gasteiger partial charge in [0.15, 0.2) is 0 Å². The third-order valence-corrected chi connectivity index (χ3v) is 4.38. The number of amides is 1. The molecular weight excluding hydrogens is 347 g/mol. The van der Waals surface area contributed by atoms with Crippen molar-refractivity contribution in [1.29, 1.82) is 0 Å². The van der Waals surface area contributed by atoms with Crippen LogP contribution in [0, 0.1) is 6.92 Å². The molecule has 2 aromatic rings. The van der Waals surface area contributed by atoms with E-state index in [0.29, 0.717) is 30.1 Å². The molecule has 1 aliphatic rings. The smallest absolute Gasteiger partial charge is 0.416 e. The lowest BCUT2D eigenvalue weighted by molar-refractivity contribution is -0.137. The molecule has 1 fully saturated rings. The first kappa shape index (κ1) is 18.4. The second-order valence-electron chi connectivity index (χ2n) is 6.52. The number of aromatic nitrogens is 1. The molecule has 0 radical (unpaired) electrons. The molecule has 0 bridgehead atoms. The SMILES string of the molecule is CC(=O)NC1CCN(Cc2nc(-c3cccc(C(F)(F)F)c3)oc2C)C1. The van der Waals surface area contributed by atoms with Gasteiger partial charge in [-0.15, -0.1) is 0 Å². The van der Waals surface area contributed by atoms with Crippen LogP contribution in [0.3, 0.4) is 0 Å². The van der Waals surface area contributed by atoms with Crippen LogP contribution in [0.1, 0.15) is 30.4 Å². The van der Waals surface area contributed by atoms with Crippen molar-refractivity contribution in [2.45, 2.75) is 39.0 Å². The van der Waals surface area contributed by atoms with Crippen molar-refractivity contribution in [3.8, 4) is 11.5 Å². The lowest BCUT2D eigenvalue weighted by atomic mass is 10.1. The normalized spacial score (nSPS) is 18.3. The van der Waals surface area contributed by atoms with Gasteiger partial charge in [0.25, 0.3) is 0 Å². The minimum atomic E-state index is -4.41. The standard InChI is InChI=1S/C18H20F3N3O2/c1-11-16(10-24-7-6-15(9-24)22-12(2)25)23-17(26-11)13-4-3-5-14(8-13)18(19,20)21/h3-5,8,15H,6-7,9-10H2,1-2H3,(H,22,25). The van der Waals surface area contributed by atoms with Crippen molar-refractivity contribution >= 4 is 5.91 Å². The van der Waals surface area contributed by atoms with Gasteiger partial charge in [0.2, 0.25) is 11.8 Å². The Morgan fingerprint density at radius 1 is 1.42 bits per heavy atom. The summed E-state index contributed by atoms with van der Waals surface area (Å²) in [6, 6.07) is 5.07. The zero-order chi connectivity index (χ0) is 18.9. The van der Waals surface area contributed by atoms with E-state index in [4.69, 9.17) is 4.42 Å². The Balaban J connectivity index is 1.73. The Morgan fingerprint density at radius 2 is 2.19 bits per heavy atom. The molecule has 0 aliphatic carbocycles. The molecule has 8 heteroatoms. The first-order chi connectivity index (χ1) is 12.2. The zero-order valence-corrected chi connectivity index (χ0v) is 14.6. The highest BCUT2D eigenvalue weighted by Crippen LogP contribution is 2.32. The molecule has 1 aromatic heterocycles. The van der Waals surface area contributed by atoms with E-state index in [1.165, 1.54) is 13.0 Å². The number of rotatable bonds is 4. The summed E-state index contributed by atoms with van der Waals surface area (Å²) in [7, 11) is 0. The predicted octanol–water partition coefficient (Wildman–Crippen LogP) is 3.38. The largest absolute Gasteiger partial charge is 0.441 e. The van der Waals surface area contributed by atoms with Gasteiger partial charge in [0.05, 0.1) is 11.3 Å². The fourth-order valence-electron chi connectivity index (χ4n) is 3.12. The van der Waals surface area contributed by atoms with Crippen LogP contribution in [0.2, 0.25) is 0 Å². The number of hydrogen-bond acceptors (Lipinski definition) is 4. The number of aryl methyl sites for hydroxylation is 1. The Kier molecular flexibility index (Phi) is 5.04. The van der Waals surface area contributed by atoms with Crippen molar-refractivity contribution < 1.29 is 22.4 Å². The summed E-state index contributed by atoms with van der Waals surface area (Å²) >= 11 is 0. The number of carbonyl (C=O) groups excluding carboxylic acids is 1. The van der Waals surface area contributed by atoms with E-state index in [9.17, 15) is 18.0 Å². The number of likely N-dealkylation sites (tertiary alicyclic amines) is 1. The molecular formula is C18H20F3N3O2. The van der Waals surface area contributed by atoms with Gasteiger partial charge in [0, 0.05) is 38.2 Å². The number of nitrogens with one attached hydrogen (secondary N) is 1. The summed E-state index contributed by atoms with van der Waals surface area (Å²) < 4.78 is 44.2. The van der Waals surface area contributed by atoms with Gasteiger partial charge in [-0.3, -0.25) is 9.69 Å². The summed E-state index contributed by atoms with van der Waals surface area (Å²) in [5.41, 5.74) is 0.262. The number of nitrogens with zero attached hydrogens (tertiary/aromatic N) is 2. The van der Waals surface area contributed by atoms with Gasteiger partial charge in [-0.05, 0) is 31.5 Å². The molecule has 3 rings (SSSR count). The molecule has 140 valence electrons. The predicted molar refractivity (Wildman–Crippen MR) is 89.2 cm³/mol. The van der Waals surface area contributed by atoms with Crippen LogP contribution in [-0.2, 0) is 17.5 Å². The number of halogens is 3. The third-order valence-electron chi connectivity index (χ3n) is 4.38. The minimum Gasteiger partial charge on any atom is -0.441 e. The topological polar surface area (TPSA) is 58.4 Å². The number of benzene rings is 1. The summed E-state index contributed by atoms with van der Waals surface area (Å²) in [6.07, 6.45) is -3.55. The molecule has 26 heavy (non-hydrogen) atoms. The molecule has 1 N–H and O–H groups in total. The van der Waals surface area contributed by atoms with E-state index < -0.39 is 11.7 Å². The highest BCUT2D eigenvalue weighted by atomic mass is 19.4. The van der Waals surface area contributed by atoms with E-state index in [1.54, 1.807) is 13.0 Å². The molecule has 0 spiro atoms. The average molecular weight is 367 g/mol. The van der Waals surface area contributed by atoms with Crippen molar-refractivity contribution in [3.05, 3.63) is 41.3 Å². The van der Waals surface area contributed by atoms with Gasteiger partial charge in [0.1, 0.15) is 5.76 Å². The van der Waals surface area contributed by atoms with Crippen molar-refractivity contribution in [3.63, 3.8) is 0 Å². The van der Waals surface area contributed by atoms with E-state index in [0.717, 1.165) is 25.1 Å².